The van der Waals surface area contributed by atoms with Crippen molar-refractivity contribution in [1.82, 2.24) is 19.6 Å². The third-order valence-corrected chi connectivity index (χ3v) is 3.46. The molecule has 17 heavy (non-hydrogen) atoms. The van der Waals surface area contributed by atoms with Crippen molar-refractivity contribution in [3.8, 4) is 0 Å². The average Bonchev–Trinajstić information content (AvgIpc) is 2.67. The molecule has 0 atom stereocenters. The molecule has 1 fully saturated rings. The molecule has 0 radical (unpaired) electrons. The molecular weight excluding hydrogens is 212 g/mol. The number of nitrogens with one attached hydrogen (secondary N) is 1. The van der Waals surface area contributed by atoms with Gasteiger partial charge in [0.2, 0.25) is 0 Å². The van der Waals surface area contributed by atoms with Crippen molar-refractivity contribution in [1.29, 1.82) is 0 Å². The molecule has 3 heterocycles. The molecule has 4 nitrogen and oxygen atoms in total. The van der Waals surface area contributed by atoms with E-state index in [9.17, 15) is 0 Å². The van der Waals surface area contributed by atoms with Crippen LogP contribution in [-0.4, -0.2) is 40.0 Å². The average molecular weight is 230 g/mol. The number of rotatable bonds is 4. The number of hydrogen-bond acceptors (Lipinski definition) is 3. The maximum Gasteiger partial charge on any atom is 0.137 e. The third-order valence-electron chi connectivity index (χ3n) is 3.46. The second-order valence-electron chi connectivity index (χ2n) is 4.57. The fourth-order valence-corrected chi connectivity index (χ4v) is 2.30. The lowest BCUT2D eigenvalue weighted by Crippen LogP contribution is -2.56. The Morgan fingerprint density at radius 1 is 1.47 bits per heavy atom. The van der Waals surface area contributed by atoms with E-state index in [2.05, 4.69) is 32.7 Å². The first-order valence-corrected chi connectivity index (χ1v) is 6.24. The SMILES string of the molecule is CCN(Cc1cn2ccccc2n1)C1CNC1. The predicted octanol–water partition coefficient (Wildman–Crippen LogP) is 1.13. The lowest BCUT2D eigenvalue weighted by atomic mass is 10.1. The van der Waals surface area contributed by atoms with Gasteiger partial charge in [0.15, 0.2) is 0 Å². The molecule has 0 saturated carbocycles. The summed E-state index contributed by atoms with van der Waals surface area (Å²) in [7, 11) is 0. The van der Waals surface area contributed by atoms with E-state index >= 15 is 0 Å². The van der Waals surface area contributed by atoms with Crippen molar-refractivity contribution in [3.05, 3.63) is 36.3 Å². The summed E-state index contributed by atoms with van der Waals surface area (Å²) in [6, 6.07) is 6.79. The first kappa shape index (κ1) is 10.7. The third kappa shape index (κ3) is 2.06. The maximum atomic E-state index is 4.64. The monoisotopic (exact) mass is 230 g/mol. The van der Waals surface area contributed by atoms with Crippen LogP contribution in [0.1, 0.15) is 12.6 Å². The first-order valence-electron chi connectivity index (χ1n) is 6.24. The summed E-state index contributed by atoms with van der Waals surface area (Å²) in [5, 5.41) is 3.32. The largest absolute Gasteiger partial charge is 0.314 e. The van der Waals surface area contributed by atoms with Crippen LogP contribution in [0.3, 0.4) is 0 Å². The molecule has 0 spiro atoms. The summed E-state index contributed by atoms with van der Waals surface area (Å²) in [4.78, 5) is 7.13. The Balaban J connectivity index is 1.78. The highest BCUT2D eigenvalue weighted by Crippen LogP contribution is 2.11. The second-order valence-corrected chi connectivity index (χ2v) is 4.57. The van der Waals surface area contributed by atoms with E-state index in [1.807, 2.05) is 24.4 Å². The fourth-order valence-electron chi connectivity index (χ4n) is 2.30. The number of nitrogens with zero attached hydrogens (tertiary/aromatic N) is 3. The Kier molecular flexibility index (Phi) is 2.82. The molecule has 2 aromatic rings. The Morgan fingerprint density at radius 2 is 2.35 bits per heavy atom. The zero-order chi connectivity index (χ0) is 11.7. The summed E-state index contributed by atoms with van der Waals surface area (Å²) in [6.45, 7) is 6.47. The van der Waals surface area contributed by atoms with Crippen molar-refractivity contribution >= 4 is 5.65 Å². The molecule has 0 unspecified atom stereocenters. The molecule has 1 aliphatic rings. The smallest absolute Gasteiger partial charge is 0.137 e. The molecule has 2 aromatic heterocycles. The van der Waals surface area contributed by atoms with Crippen LogP contribution in [0.4, 0.5) is 0 Å². The molecule has 1 saturated heterocycles. The Hall–Kier alpha value is -1.39. The van der Waals surface area contributed by atoms with Crippen LogP contribution >= 0.6 is 0 Å². The van der Waals surface area contributed by atoms with Crippen molar-refractivity contribution in [2.45, 2.75) is 19.5 Å². The van der Waals surface area contributed by atoms with Gasteiger partial charge in [0, 0.05) is 38.1 Å². The second kappa shape index (κ2) is 4.47. The molecule has 3 rings (SSSR count). The highest BCUT2D eigenvalue weighted by atomic mass is 15.2. The minimum Gasteiger partial charge on any atom is -0.314 e. The van der Waals surface area contributed by atoms with Crippen LogP contribution in [0, 0.1) is 0 Å². The van der Waals surface area contributed by atoms with Gasteiger partial charge in [-0.3, -0.25) is 4.90 Å². The predicted molar refractivity (Wildman–Crippen MR) is 67.9 cm³/mol. The van der Waals surface area contributed by atoms with E-state index in [1.54, 1.807) is 0 Å². The van der Waals surface area contributed by atoms with Gasteiger partial charge in [-0.25, -0.2) is 4.98 Å². The molecule has 0 amide bonds. The van der Waals surface area contributed by atoms with Crippen molar-refractivity contribution in [2.75, 3.05) is 19.6 Å². The molecular formula is C13H18N4. The number of hydrogen-bond donors (Lipinski definition) is 1. The highest BCUT2D eigenvalue weighted by molar-refractivity contribution is 5.39. The number of pyridine rings is 1. The topological polar surface area (TPSA) is 32.6 Å². The van der Waals surface area contributed by atoms with E-state index in [0.29, 0.717) is 6.04 Å². The summed E-state index contributed by atoms with van der Waals surface area (Å²) in [5.41, 5.74) is 2.19. The molecule has 0 bridgehead atoms. The van der Waals surface area contributed by atoms with Crippen molar-refractivity contribution < 1.29 is 0 Å². The van der Waals surface area contributed by atoms with Gasteiger partial charge in [0.1, 0.15) is 5.65 Å². The molecule has 0 aliphatic carbocycles. The van der Waals surface area contributed by atoms with Gasteiger partial charge >= 0.3 is 0 Å². The van der Waals surface area contributed by atoms with Gasteiger partial charge in [0.25, 0.3) is 0 Å². The van der Waals surface area contributed by atoms with Crippen LogP contribution in [0.5, 0.6) is 0 Å². The Morgan fingerprint density at radius 3 is 3.00 bits per heavy atom. The number of imidazole rings is 1. The van der Waals surface area contributed by atoms with Crippen LogP contribution < -0.4 is 5.32 Å². The summed E-state index contributed by atoms with van der Waals surface area (Å²) < 4.78 is 2.09. The first-order chi connectivity index (χ1) is 8.36. The van der Waals surface area contributed by atoms with Crippen LogP contribution in [0.2, 0.25) is 0 Å². The Bertz CT molecular complexity index is 468. The summed E-state index contributed by atoms with van der Waals surface area (Å²) in [5.74, 6) is 0. The number of aromatic nitrogens is 2. The number of fused-ring (bicyclic) bond motifs is 1. The van der Waals surface area contributed by atoms with Gasteiger partial charge in [0.05, 0.1) is 5.69 Å². The van der Waals surface area contributed by atoms with E-state index < -0.39 is 0 Å². The summed E-state index contributed by atoms with van der Waals surface area (Å²) in [6.07, 6.45) is 4.18. The van der Waals surface area contributed by atoms with Crippen molar-refractivity contribution in [3.63, 3.8) is 0 Å². The quantitative estimate of drug-likeness (QED) is 0.854. The lowest BCUT2D eigenvalue weighted by molar-refractivity contribution is 0.144. The molecule has 0 aromatic carbocycles. The van der Waals surface area contributed by atoms with E-state index in [4.69, 9.17) is 0 Å². The minimum atomic E-state index is 0.685. The van der Waals surface area contributed by atoms with Crippen molar-refractivity contribution in [2.24, 2.45) is 0 Å². The zero-order valence-electron chi connectivity index (χ0n) is 10.1. The molecule has 90 valence electrons. The highest BCUT2D eigenvalue weighted by Gasteiger charge is 2.23. The van der Waals surface area contributed by atoms with Gasteiger partial charge in [-0.05, 0) is 18.7 Å². The molecule has 1 aliphatic heterocycles. The van der Waals surface area contributed by atoms with Crippen LogP contribution in [0.15, 0.2) is 30.6 Å². The van der Waals surface area contributed by atoms with E-state index in [1.165, 1.54) is 0 Å². The Labute approximate surface area is 101 Å². The number of likely N-dealkylation sites (N-methyl/N-ethyl adjacent to an activating group) is 1. The van der Waals surface area contributed by atoms with E-state index in [0.717, 1.165) is 37.5 Å². The van der Waals surface area contributed by atoms with Gasteiger partial charge in [-0.1, -0.05) is 13.0 Å². The lowest BCUT2D eigenvalue weighted by Gasteiger charge is -2.37. The minimum absolute atomic E-state index is 0.685. The van der Waals surface area contributed by atoms with Crippen LogP contribution in [0.25, 0.3) is 5.65 Å². The van der Waals surface area contributed by atoms with E-state index in [-0.39, 0.29) is 0 Å². The molecule has 1 N–H and O–H groups in total. The maximum absolute atomic E-state index is 4.64. The van der Waals surface area contributed by atoms with Crippen LogP contribution in [-0.2, 0) is 6.54 Å². The molecule has 4 heteroatoms. The van der Waals surface area contributed by atoms with Gasteiger partial charge in [-0.2, -0.15) is 0 Å². The van der Waals surface area contributed by atoms with Gasteiger partial charge in [-0.15, -0.1) is 0 Å². The fraction of sp³-hybridized carbons (Fsp3) is 0.462. The van der Waals surface area contributed by atoms with Gasteiger partial charge < -0.3 is 9.72 Å². The standard InChI is InChI=1S/C13H18N4/c1-2-16(12-7-14-8-12)9-11-10-17-6-4-3-5-13(17)15-11/h3-6,10,12,14H,2,7-9H2,1H3. The normalized spacial score (nSPS) is 16.6. The summed E-state index contributed by atoms with van der Waals surface area (Å²) >= 11 is 0. The zero-order valence-corrected chi connectivity index (χ0v) is 10.1.